The number of carboxylic acid groups (broad SMARTS) is 1. The van der Waals surface area contributed by atoms with E-state index in [1.165, 1.54) is 5.56 Å². The number of aromatic carboxylic acids is 1. The Balaban J connectivity index is 0.00000161. The van der Waals surface area contributed by atoms with Crippen molar-refractivity contribution in [1.82, 2.24) is 9.47 Å². The van der Waals surface area contributed by atoms with Gasteiger partial charge >= 0.3 is 51.4 Å². The molecule has 1 aliphatic heterocycles. The number of aryl methyl sites for hydroxylation is 1. The van der Waals surface area contributed by atoms with E-state index < -0.39 is 5.97 Å². The summed E-state index contributed by atoms with van der Waals surface area (Å²) in [7, 11) is 1.93. The van der Waals surface area contributed by atoms with Gasteiger partial charge in [-0.15, -0.1) is 0 Å². The summed E-state index contributed by atoms with van der Waals surface area (Å²) in [4.78, 5) is 13.3. The van der Waals surface area contributed by atoms with E-state index in [-0.39, 0.29) is 56.9 Å². The first-order valence-corrected chi connectivity index (χ1v) is 6.74. The minimum absolute atomic E-state index is 0. The normalized spacial score (nSPS) is 15.9. The zero-order valence-electron chi connectivity index (χ0n) is 12.5. The molecule has 1 fully saturated rings. The largest absolute Gasteiger partial charge is 1.00 e. The summed E-state index contributed by atoms with van der Waals surface area (Å²) in [5.74, 6) is -1.14. The minimum Gasteiger partial charge on any atom is -0.545 e. The van der Waals surface area contributed by atoms with Gasteiger partial charge in [0.25, 0.3) is 0 Å². The fourth-order valence-electron chi connectivity index (χ4n) is 2.72. The Labute approximate surface area is 166 Å². The average Bonchev–Trinajstić information content (AvgIpc) is 2.76. The van der Waals surface area contributed by atoms with Gasteiger partial charge in [-0.1, -0.05) is 12.1 Å². The van der Waals surface area contributed by atoms with Gasteiger partial charge in [0, 0.05) is 43.8 Å². The number of carbonyl (C=O) groups is 1. The van der Waals surface area contributed by atoms with Crippen LogP contribution in [-0.2, 0) is 18.3 Å². The van der Waals surface area contributed by atoms with Crippen LogP contribution in [0.4, 0.5) is 0 Å². The maximum absolute atomic E-state index is 10.9. The molecule has 0 radical (unpaired) electrons. The summed E-state index contributed by atoms with van der Waals surface area (Å²) in [6.07, 6.45) is 2.07. The molecule has 21 heavy (non-hydrogen) atoms. The van der Waals surface area contributed by atoms with Crippen LogP contribution in [-0.4, -0.2) is 41.7 Å². The van der Waals surface area contributed by atoms with Crippen molar-refractivity contribution in [3.05, 3.63) is 35.5 Å². The smallest absolute Gasteiger partial charge is 0.545 e. The van der Waals surface area contributed by atoms with E-state index in [1.54, 1.807) is 12.1 Å². The summed E-state index contributed by atoms with van der Waals surface area (Å²) < 4.78 is 7.32. The Kier molecular flexibility index (Phi) is 6.02. The Morgan fingerprint density at radius 1 is 1.33 bits per heavy atom. The van der Waals surface area contributed by atoms with Gasteiger partial charge in [0.15, 0.2) is 0 Å². The third-order valence-corrected chi connectivity index (χ3v) is 3.81. The molecule has 0 atom stereocenters. The fourth-order valence-corrected chi connectivity index (χ4v) is 2.72. The summed E-state index contributed by atoms with van der Waals surface area (Å²) in [6, 6.07) is 5.16. The van der Waals surface area contributed by atoms with Crippen LogP contribution in [0.3, 0.4) is 0 Å². The van der Waals surface area contributed by atoms with Crippen LogP contribution in [0.5, 0.6) is 0 Å². The van der Waals surface area contributed by atoms with E-state index in [0.717, 1.165) is 43.8 Å². The van der Waals surface area contributed by atoms with Crippen molar-refractivity contribution in [3.8, 4) is 0 Å². The molecule has 5 nitrogen and oxygen atoms in total. The number of nitrogens with zero attached hydrogens (tertiary/aromatic N) is 2. The number of rotatable bonds is 3. The quantitative estimate of drug-likeness (QED) is 0.582. The third kappa shape index (κ3) is 3.76. The van der Waals surface area contributed by atoms with Crippen molar-refractivity contribution in [2.24, 2.45) is 7.05 Å². The molecule has 2 heterocycles. The SMILES string of the molecule is Cn1cc(CN2CCOCC2)c2ccc(C(=O)[O-])cc21.[K+]. The van der Waals surface area contributed by atoms with Crippen molar-refractivity contribution in [2.45, 2.75) is 6.54 Å². The van der Waals surface area contributed by atoms with E-state index in [0.29, 0.717) is 0 Å². The molecule has 1 aromatic carbocycles. The summed E-state index contributed by atoms with van der Waals surface area (Å²) in [5, 5.41) is 12.0. The molecule has 6 heteroatoms. The molecule has 0 unspecified atom stereocenters. The molecule has 2 aromatic rings. The van der Waals surface area contributed by atoms with Gasteiger partial charge in [-0.05, 0) is 17.2 Å². The molecular formula is C15H17KN2O3. The van der Waals surface area contributed by atoms with Crippen LogP contribution < -0.4 is 56.5 Å². The topological polar surface area (TPSA) is 57.5 Å². The predicted molar refractivity (Wildman–Crippen MR) is 73.3 cm³/mol. The van der Waals surface area contributed by atoms with Crippen molar-refractivity contribution in [3.63, 3.8) is 0 Å². The van der Waals surface area contributed by atoms with E-state index in [1.807, 2.05) is 17.7 Å². The monoisotopic (exact) mass is 312 g/mol. The number of hydrogen-bond donors (Lipinski definition) is 0. The van der Waals surface area contributed by atoms with Crippen LogP contribution in [0.15, 0.2) is 24.4 Å². The van der Waals surface area contributed by atoms with Gasteiger partial charge in [-0.2, -0.15) is 0 Å². The van der Waals surface area contributed by atoms with Crippen molar-refractivity contribution in [2.75, 3.05) is 26.3 Å². The standard InChI is InChI=1S/C15H18N2O3.K/c1-16-9-12(10-17-4-6-20-7-5-17)13-3-2-11(15(18)19)8-14(13)16;/h2-3,8-9H,4-7,10H2,1H3,(H,18,19);/q;+1/p-1. The van der Waals surface area contributed by atoms with Crippen LogP contribution in [0.25, 0.3) is 10.9 Å². The van der Waals surface area contributed by atoms with Crippen LogP contribution >= 0.6 is 0 Å². The predicted octanol–water partition coefficient (Wildman–Crippen LogP) is -2.62. The number of morpholine rings is 1. The number of carboxylic acids is 1. The van der Waals surface area contributed by atoms with Gasteiger partial charge in [-0.25, -0.2) is 0 Å². The minimum atomic E-state index is -1.14. The Morgan fingerprint density at radius 3 is 2.71 bits per heavy atom. The Hall–Kier alpha value is -0.214. The number of aromatic nitrogens is 1. The summed E-state index contributed by atoms with van der Waals surface area (Å²) in [5.41, 5.74) is 2.36. The Morgan fingerprint density at radius 2 is 2.05 bits per heavy atom. The van der Waals surface area contributed by atoms with Crippen LogP contribution in [0, 0.1) is 0 Å². The second kappa shape index (κ2) is 7.37. The molecule has 0 amide bonds. The molecule has 1 saturated heterocycles. The zero-order chi connectivity index (χ0) is 14.1. The Bertz CT molecular complexity index is 648. The van der Waals surface area contributed by atoms with E-state index >= 15 is 0 Å². The van der Waals surface area contributed by atoms with Gasteiger partial charge in [0.2, 0.25) is 0 Å². The number of ether oxygens (including phenoxy) is 1. The average molecular weight is 312 g/mol. The van der Waals surface area contributed by atoms with Crippen molar-refractivity contribution in [1.29, 1.82) is 0 Å². The number of benzene rings is 1. The van der Waals surface area contributed by atoms with Crippen LogP contribution in [0.1, 0.15) is 15.9 Å². The third-order valence-electron chi connectivity index (χ3n) is 3.81. The molecule has 0 aliphatic carbocycles. The molecule has 3 rings (SSSR count). The molecule has 1 aliphatic rings. The first-order chi connectivity index (χ1) is 9.65. The molecule has 0 bridgehead atoms. The van der Waals surface area contributed by atoms with Gasteiger partial charge < -0.3 is 19.2 Å². The fraction of sp³-hybridized carbons (Fsp3) is 0.400. The molecule has 1 aromatic heterocycles. The van der Waals surface area contributed by atoms with E-state index in [2.05, 4.69) is 11.1 Å². The second-order valence-electron chi connectivity index (χ2n) is 5.17. The summed E-state index contributed by atoms with van der Waals surface area (Å²) >= 11 is 0. The first kappa shape index (κ1) is 17.1. The first-order valence-electron chi connectivity index (χ1n) is 6.74. The molecule has 106 valence electrons. The molecular weight excluding hydrogens is 295 g/mol. The second-order valence-corrected chi connectivity index (χ2v) is 5.17. The van der Waals surface area contributed by atoms with Crippen molar-refractivity contribution >= 4 is 16.9 Å². The maximum Gasteiger partial charge on any atom is 1.00 e. The molecule has 0 spiro atoms. The molecule has 0 N–H and O–H groups in total. The van der Waals surface area contributed by atoms with E-state index in [4.69, 9.17) is 4.74 Å². The number of hydrogen-bond acceptors (Lipinski definition) is 4. The van der Waals surface area contributed by atoms with Gasteiger partial charge in [0.05, 0.1) is 19.2 Å². The van der Waals surface area contributed by atoms with E-state index in [9.17, 15) is 9.90 Å². The van der Waals surface area contributed by atoms with Crippen LogP contribution in [0.2, 0.25) is 0 Å². The maximum atomic E-state index is 10.9. The van der Waals surface area contributed by atoms with Gasteiger partial charge in [-0.3, -0.25) is 4.90 Å². The zero-order valence-corrected chi connectivity index (χ0v) is 15.6. The summed E-state index contributed by atoms with van der Waals surface area (Å²) in [6.45, 7) is 4.30. The van der Waals surface area contributed by atoms with Crippen molar-refractivity contribution < 1.29 is 66.0 Å². The van der Waals surface area contributed by atoms with Gasteiger partial charge in [0.1, 0.15) is 0 Å². The number of carbonyl (C=O) groups excluding carboxylic acids is 1. The molecule has 0 saturated carbocycles. The number of fused-ring (bicyclic) bond motifs is 1.